The lowest BCUT2D eigenvalue weighted by Gasteiger charge is -2.31. The fourth-order valence-electron chi connectivity index (χ4n) is 3.01. The number of hydrogen-bond donors (Lipinski definition) is 1. The van der Waals surface area contributed by atoms with E-state index >= 15 is 0 Å². The Bertz CT molecular complexity index is 684. The second-order valence-corrected chi connectivity index (χ2v) is 6.32. The van der Waals surface area contributed by atoms with Crippen molar-refractivity contribution < 1.29 is 19.4 Å². The van der Waals surface area contributed by atoms with Gasteiger partial charge in [0.25, 0.3) is 0 Å². The minimum Gasteiger partial charge on any atom is -0.478 e. The second-order valence-electron chi connectivity index (χ2n) is 5.91. The molecule has 0 saturated carbocycles. The monoisotopic (exact) mass is 334 g/mol. The van der Waals surface area contributed by atoms with Crippen molar-refractivity contribution in [3.05, 3.63) is 46.0 Å². The van der Waals surface area contributed by atoms with E-state index in [9.17, 15) is 4.79 Å². The highest BCUT2D eigenvalue weighted by Crippen LogP contribution is 2.40. The van der Waals surface area contributed by atoms with E-state index in [1.165, 1.54) is 5.57 Å². The van der Waals surface area contributed by atoms with E-state index in [0.29, 0.717) is 18.2 Å². The van der Waals surface area contributed by atoms with E-state index < -0.39 is 11.8 Å². The zero-order chi connectivity index (χ0) is 16.4. The third kappa shape index (κ3) is 3.50. The smallest absolute Gasteiger partial charge is 0.331 e. The van der Waals surface area contributed by atoms with Gasteiger partial charge < -0.3 is 14.6 Å². The van der Waals surface area contributed by atoms with Gasteiger partial charge in [-0.1, -0.05) is 29.8 Å². The van der Waals surface area contributed by atoms with E-state index in [2.05, 4.69) is 6.08 Å². The summed E-state index contributed by atoms with van der Waals surface area (Å²) in [7, 11) is 0. The van der Waals surface area contributed by atoms with Gasteiger partial charge in [-0.15, -0.1) is 0 Å². The van der Waals surface area contributed by atoms with Gasteiger partial charge in [0.05, 0.1) is 13.2 Å². The fraction of sp³-hybridized carbons (Fsp3) is 0.389. The lowest BCUT2D eigenvalue weighted by atomic mass is 9.89. The Balaban J connectivity index is 1.80. The number of carbonyl (C=O) groups is 1. The predicted molar refractivity (Wildman–Crippen MR) is 89.2 cm³/mol. The van der Waals surface area contributed by atoms with E-state index in [4.69, 9.17) is 26.2 Å². The Hall–Kier alpha value is -1.62. The third-order valence-electron chi connectivity index (χ3n) is 4.31. The maximum Gasteiger partial charge on any atom is 0.331 e. The molecule has 0 atom stereocenters. The SMILES string of the molecule is C/C(=C\c1ccc(C2=CCC3(CC2)OCCO3)c(Cl)c1)C(=O)O. The van der Waals surface area contributed by atoms with Gasteiger partial charge >= 0.3 is 5.97 Å². The summed E-state index contributed by atoms with van der Waals surface area (Å²) in [5.41, 5.74) is 3.24. The second kappa shape index (κ2) is 6.48. The van der Waals surface area contributed by atoms with Crippen molar-refractivity contribution >= 4 is 29.2 Å². The van der Waals surface area contributed by atoms with Crippen LogP contribution in [0.1, 0.15) is 37.3 Å². The number of rotatable bonds is 3. The lowest BCUT2D eigenvalue weighted by molar-refractivity contribution is -0.159. The van der Waals surface area contributed by atoms with Crippen molar-refractivity contribution in [1.29, 1.82) is 0 Å². The highest BCUT2D eigenvalue weighted by atomic mass is 35.5. The van der Waals surface area contributed by atoms with E-state index in [0.717, 1.165) is 30.4 Å². The summed E-state index contributed by atoms with van der Waals surface area (Å²) in [5, 5.41) is 9.57. The molecular formula is C18H19ClO4. The molecule has 23 heavy (non-hydrogen) atoms. The Morgan fingerprint density at radius 1 is 1.35 bits per heavy atom. The van der Waals surface area contributed by atoms with Crippen LogP contribution in [0.3, 0.4) is 0 Å². The van der Waals surface area contributed by atoms with Crippen molar-refractivity contribution in [2.45, 2.75) is 32.0 Å². The Labute approximate surface area is 140 Å². The molecule has 1 aromatic rings. The number of benzene rings is 1. The summed E-state index contributed by atoms with van der Waals surface area (Å²) in [6, 6.07) is 5.64. The van der Waals surface area contributed by atoms with E-state index in [1.54, 1.807) is 19.1 Å². The quantitative estimate of drug-likeness (QED) is 0.844. The number of carboxylic acid groups (broad SMARTS) is 1. The van der Waals surface area contributed by atoms with Crippen LogP contribution in [0.5, 0.6) is 0 Å². The summed E-state index contributed by atoms with van der Waals surface area (Å²) in [6.45, 7) is 2.89. The van der Waals surface area contributed by atoms with Crippen molar-refractivity contribution in [3.63, 3.8) is 0 Å². The lowest BCUT2D eigenvalue weighted by Crippen LogP contribution is -2.31. The minimum absolute atomic E-state index is 0.281. The molecule has 1 aliphatic carbocycles. The van der Waals surface area contributed by atoms with Crippen molar-refractivity contribution in [1.82, 2.24) is 0 Å². The summed E-state index contributed by atoms with van der Waals surface area (Å²) < 4.78 is 11.4. The van der Waals surface area contributed by atoms with Crippen LogP contribution in [0.2, 0.25) is 5.02 Å². The van der Waals surface area contributed by atoms with Gasteiger partial charge in [0.1, 0.15) is 0 Å². The highest BCUT2D eigenvalue weighted by Gasteiger charge is 2.37. The summed E-state index contributed by atoms with van der Waals surface area (Å²) >= 11 is 6.40. The molecule has 0 amide bonds. The molecular weight excluding hydrogens is 316 g/mol. The first-order chi connectivity index (χ1) is 11.0. The normalized spacial score (nSPS) is 20.6. The van der Waals surface area contributed by atoms with Crippen LogP contribution in [-0.4, -0.2) is 30.1 Å². The van der Waals surface area contributed by atoms with E-state index in [-0.39, 0.29) is 5.57 Å². The first-order valence-corrected chi connectivity index (χ1v) is 8.05. The van der Waals surface area contributed by atoms with Crippen LogP contribution in [0.25, 0.3) is 11.6 Å². The molecule has 1 fully saturated rings. The zero-order valence-corrected chi connectivity index (χ0v) is 13.7. The number of aliphatic carboxylic acids is 1. The average Bonchev–Trinajstić information content (AvgIpc) is 2.97. The van der Waals surface area contributed by atoms with Crippen LogP contribution in [0.4, 0.5) is 0 Å². The molecule has 5 heteroatoms. The molecule has 2 aliphatic rings. The van der Waals surface area contributed by atoms with Crippen LogP contribution in [0, 0.1) is 0 Å². The molecule has 1 heterocycles. The molecule has 0 unspecified atom stereocenters. The molecule has 1 aliphatic heterocycles. The number of allylic oxidation sites excluding steroid dienone is 1. The Kier molecular flexibility index (Phi) is 4.57. The van der Waals surface area contributed by atoms with Crippen LogP contribution >= 0.6 is 11.6 Å². The summed E-state index contributed by atoms with van der Waals surface area (Å²) in [6.07, 6.45) is 6.16. The molecule has 4 nitrogen and oxygen atoms in total. The largest absolute Gasteiger partial charge is 0.478 e. The standard InChI is InChI=1S/C18H19ClO4/c1-12(17(20)21)10-13-2-3-15(16(19)11-13)14-4-6-18(7-5-14)22-8-9-23-18/h2-4,10-11H,5-9H2,1H3,(H,20,21)/b12-10+. The van der Waals surface area contributed by atoms with Crippen molar-refractivity contribution in [2.75, 3.05) is 13.2 Å². The van der Waals surface area contributed by atoms with Gasteiger partial charge in [-0.25, -0.2) is 4.79 Å². The minimum atomic E-state index is -0.929. The molecule has 1 N–H and O–H groups in total. The van der Waals surface area contributed by atoms with Crippen molar-refractivity contribution in [2.24, 2.45) is 0 Å². The van der Waals surface area contributed by atoms with Crippen LogP contribution < -0.4 is 0 Å². The third-order valence-corrected chi connectivity index (χ3v) is 4.62. The molecule has 3 rings (SSSR count). The van der Waals surface area contributed by atoms with Gasteiger partial charge in [-0.3, -0.25) is 0 Å². The van der Waals surface area contributed by atoms with Crippen molar-refractivity contribution in [3.8, 4) is 0 Å². The molecule has 0 radical (unpaired) electrons. The number of carboxylic acids is 1. The predicted octanol–water partition coefficient (Wildman–Crippen LogP) is 4.14. The topological polar surface area (TPSA) is 55.8 Å². The van der Waals surface area contributed by atoms with Gasteiger partial charge in [-0.05, 0) is 42.2 Å². The zero-order valence-electron chi connectivity index (χ0n) is 13.0. The number of ether oxygens (including phenoxy) is 2. The van der Waals surface area contributed by atoms with E-state index in [1.807, 2.05) is 12.1 Å². The van der Waals surface area contributed by atoms with Gasteiger partial charge in [-0.2, -0.15) is 0 Å². The maximum absolute atomic E-state index is 10.9. The van der Waals surface area contributed by atoms with Crippen LogP contribution in [0.15, 0.2) is 29.8 Å². The Morgan fingerprint density at radius 2 is 2.09 bits per heavy atom. The molecule has 1 saturated heterocycles. The average molecular weight is 335 g/mol. The molecule has 0 aromatic heterocycles. The van der Waals surface area contributed by atoms with Gasteiger partial charge in [0, 0.05) is 23.4 Å². The summed E-state index contributed by atoms with van der Waals surface area (Å²) in [4.78, 5) is 10.9. The number of halogens is 1. The number of hydrogen-bond acceptors (Lipinski definition) is 3. The first-order valence-electron chi connectivity index (χ1n) is 7.68. The van der Waals surface area contributed by atoms with Gasteiger partial charge in [0.2, 0.25) is 0 Å². The fourth-order valence-corrected chi connectivity index (χ4v) is 3.32. The molecule has 1 aromatic carbocycles. The molecule has 0 bridgehead atoms. The summed E-state index contributed by atoms with van der Waals surface area (Å²) in [5.74, 6) is -1.36. The first kappa shape index (κ1) is 16.2. The maximum atomic E-state index is 10.9. The Morgan fingerprint density at radius 3 is 2.65 bits per heavy atom. The van der Waals surface area contributed by atoms with Gasteiger partial charge in [0.15, 0.2) is 5.79 Å². The molecule has 122 valence electrons. The molecule has 1 spiro atoms. The van der Waals surface area contributed by atoms with Crippen LogP contribution in [-0.2, 0) is 14.3 Å². The highest BCUT2D eigenvalue weighted by molar-refractivity contribution is 6.32.